The summed E-state index contributed by atoms with van der Waals surface area (Å²) in [5.74, 6) is -0.00273. The molecule has 0 spiro atoms. The van der Waals surface area contributed by atoms with Crippen molar-refractivity contribution < 1.29 is 5.11 Å². The van der Waals surface area contributed by atoms with E-state index in [-0.39, 0.29) is 11.6 Å². The van der Waals surface area contributed by atoms with Gasteiger partial charge >= 0.3 is 0 Å². The molecule has 3 N–H and O–H groups in total. The van der Waals surface area contributed by atoms with Gasteiger partial charge in [0.15, 0.2) is 5.88 Å². The van der Waals surface area contributed by atoms with E-state index in [4.69, 9.17) is 0 Å². The number of hydrogen-bond acceptors (Lipinski definition) is 4. The molecule has 22 heavy (non-hydrogen) atoms. The van der Waals surface area contributed by atoms with Crippen LogP contribution in [0.15, 0.2) is 41.7 Å². The van der Waals surface area contributed by atoms with Gasteiger partial charge in [-0.1, -0.05) is 11.6 Å². The molecule has 0 aliphatic rings. The maximum Gasteiger partial charge on any atom is 0.199 e. The van der Waals surface area contributed by atoms with Crippen molar-refractivity contribution in [1.29, 1.82) is 0 Å². The van der Waals surface area contributed by atoms with Gasteiger partial charge in [-0.3, -0.25) is 0 Å². The maximum atomic E-state index is 11.3. The van der Waals surface area contributed by atoms with E-state index in [1.807, 2.05) is 25.1 Å². The Labute approximate surface area is 124 Å². The van der Waals surface area contributed by atoms with E-state index in [2.05, 4.69) is 20.1 Å². The molecule has 0 unspecified atom stereocenters. The Kier molecular flexibility index (Phi) is 2.53. The van der Waals surface area contributed by atoms with E-state index in [9.17, 15) is 10.0 Å². The number of aromatic nitrogens is 3. The first kappa shape index (κ1) is 12.6. The second kappa shape index (κ2) is 4.42. The lowest BCUT2D eigenvalue weighted by Crippen LogP contribution is -1.79. The summed E-state index contributed by atoms with van der Waals surface area (Å²) in [6.07, 6.45) is 1.64. The third-order valence-electron chi connectivity index (χ3n) is 3.82. The molecule has 0 saturated carbocycles. The molecule has 0 radical (unpaired) electrons. The third-order valence-corrected chi connectivity index (χ3v) is 3.82. The van der Waals surface area contributed by atoms with Crippen LogP contribution >= 0.6 is 0 Å². The largest absolute Gasteiger partial charge is 0.494 e. The predicted octanol–water partition coefficient (Wildman–Crippen LogP) is 4.12. The Morgan fingerprint density at radius 2 is 2.05 bits per heavy atom. The van der Waals surface area contributed by atoms with E-state index in [0.717, 1.165) is 16.5 Å². The smallest absolute Gasteiger partial charge is 0.199 e. The van der Waals surface area contributed by atoms with Crippen molar-refractivity contribution in [3.8, 4) is 17.1 Å². The number of nitroso groups, excluding NO2 is 1. The molecule has 0 atom stereocenters. The zero-order valence-electron chi connectivity index (χ0n) is 11.7. The standard InChI is InChI=1S/C16H12N4O2/c1-8-4-5-11-10(7-8)12(16(21)18-11)14-13(20-22)9-3-2-6-17-15(9)19-14/h2-7,18,21H,1H3,(H,17,19). The number of H-pyrrole nitrogens is 2. The minimum absolute atomic E-state index is 0.00273. The minimum Gasteiger partial charge on any atom is -0.494 e. The number of nitrogens with one attached hydrogen (secondary N) is 2. The van der Waals surface area contributed by atoms with Crippen LogP contribution in [0.2, 0.25) is 0 Å². The maximum absolute atomic E-state index is 11.3. The SMILES string of the molecule is Cc1ccc2[nH]c(O)c(-c3[nH]c4ncccc4c3N=O)c2c1. The summed E-state index contributed by atoms with van der Waals surface area (Å²) in [5, 5.41) is 14.9. The number of pyridine rings is 1. The Morgan fingerprint density at radius 3 is 2.86 bits per heavy atom. The second-order valence-corrected chi connectivity index (χ2v) is 5.24. The first-order chi connectivity index (χ1) is 10.7. The van der Waals surface area contributed by atoms with Crippen LogP contribution in [0.1, 0.15) is 5.56 Å². The van der Waals surface area contributed by atoms with Crippen LogP contribution in [0.4, 0.5) is 5.69 Å². The van der Waals surface area contributed by atoms with Gasteiger partial charge in [0.1, 0.15) is 11.3 Å². The van der Waals surface area contributed by atoms with Gasteiger partial charge in [0.2, 0.25) is 0 Å². The third kappa shape index (κ3) is 1.64. The summed E-state index contributed by atoms with van der Waals surface area (Å²) in [7, 11) is 0. The van der Waals surface area contributed by atoms with Crippen molar-refractivity contribution in [1.82, 2.24) is 15.0 Å². The van der Waals surface area contributed by atoms with E-state index >= 15 is 0 Å². The average Bonchev–Trinajstić information content (AvgIpc) is 3.03. The van der Waals surface area contributed by atoms with Crippen LogP contribution in [-0.4, -0.2) is 20.1 Å². The van der Waals surface area contributed by atoms with Gasteiger partial charge in [-0.05, 0) is 36.4 Å². The molecular weight excluding hydrogens is 280 g/mol. The Bertz CT molecular complexity index is 1030. The first-order valence-corrected chi connectivity index (χ1v) is 6.80. The van der Waals surface area contributed by atoms with Crippen molar-refractivity contribution in [2.75, 3.05) is 0 Å². The normalized spacial score (nSPS) is 11.3. The average molecular weight is 292 g/mol. The summed E-state index contributed by atoms with van der Waals surface area (Å²) in [4.78, 5) is 21.5. The molecule has 3 heterocycles. The summed E-state index contributed by atoms with van der Waals surface area (Å²) in [6, 6.07) is 9.31. The molecule has 6 heteroatoms. The number of hydrogen-bond donors (Lipinski definition) is 3. The van der Waals surface area contributed by atoms with Crippen LogP contribution in [0.3, 0.4) is 0 Å². The molecule has 4 aromatic rings. The molecule has 1 aromatic carbocycles. The molecule has 108 valence electrons. The highest BCUT2D eigenvalue weighted by atomic mass is 16.3. The van der Waals surface area contributed by atoms with Crippen molar-refractivity contribution in [3.63, 3.8) is 0 Å². The van der Waals surface area contributed by atoms with Gasteiger partial charge in [-0.15, -0.1) is 4.91 Å². The van der Waals surface area contributed by atoms with Gasteiger partial charge in [0.05, 0.1) is 11.3 Å². The molecule has 0 aliphatic carbocycles. The van der Waals surface area contributed by atoms with Crippen LogP contribution in [0.25, 0.3) is 33.2 Å². The topological polar surface area (TPSA) is 94.1 Å². The molecule has 0 aliphatic heterocycles. The zero-order chi connectivity index (χ0) is 15.3. The van der Waals surface area contributed by atoms with Gasteiger partial charge in [-0.25, -0.2) is 4.98 Å². The molecule has 3 aromatic heterocycles. The fraction of sp³-hybridized carbons (Fsp3) is 0.0625. The molecule has 0 fully saturated rings. The lowest BCUT2D eigenvalue weighted by atomic mass is 10.1. The van der Waals surface area contributed by atoms with Crippen molar-refractivity contribution >= 4 is 27.6 Å². The predicted molar refractivity (Wildman–Crippen MR) is 85.2 cm³/mol. The highest BCUT2D eigenvalue weighted by molar-refractivity contribution is 6.06. The molecule has 0 bridgehead atoms. The van der Waals surface area contributed by atoms with Crippen molar-refractivity contribution in [2.45, 2.75) is 6.92 Å². The van der Waals surface area contributed by atoms with Crippen LogP contribution in [-0.2, 0) is 0 Å². The lowest BCUT2D eigenvalue weighted by Gasteiger charge is -1.99. The number of aryl methyl sites for hydroxylation is 1. The first-order valence-electron chi connectivity index (χ1n) is 6.80. The zero-order valence-corrected chi connectivity index (χ0v) is 11.7. The van der Waals surface area contributed by atoms with E-state index in [1.54, 1.807) is 18.3 Å². The summed E-state index contributed by atoms with van der Waals surface area (Å²) in [6.45, 7) is 1.97. The number of nitrogens with zero attached hydrogens (tertiary/aromatic N) is 2. The van der Waals surface area contributed by atoms with Gasteiger partial charge in [0, 0.05) is 22.5 Å². The quantitative estimate of drug-likeness (QED) is 0.485. The molecule has 6 nitrogen and oxygen atoms in total. The lowest BCUT2D eigenvalue weighted by molar-refractivity contribution is 0.460. The number of aromatic hydroxyl groups is 1. The summed E-state index contributed by atoms with van der Waals surface area (Å²) < 4.78 is 0. The Balaban J connectivity index is 2.13. The minimum atomic E-state index is -0.00273. The molecule has 4 rings (SSSR count). The highest BCUT2D eigenvalue weighted by Gasteiger charge is 2.21. The Hall–Kier alpha value is -3.15. The van der Waals surface area contributed by atoms with Crippen LogP contribution in [0.5, 0.6) is 5.88 Å². The number of aromatic amines is 2. The van der Waals surface area contributed by atoms with Crippen LogP contribution < -0.4 is 0 Å². The van der Waals surface area contributed by atoms with Gasteiger partial charge in [-0.2, -0.15) is 0 Å². The number of benzene rings is 1. The summed E-state index contributed by atoms with van der Waals surface area (Å²) >= 11 is 0. The molecular formula is C16H12N4O2. The second-order valence-electron chi connectivity index (χ2n) is 5.24. The highest BCUT2D eigenvalue weighted by Crippen LogP contribution is 2.43. The number of fused-ring (bicyclic) bond motifs is 2. The Morgan fingerprint density at radius 1 is 1.18 bits per heavy atom. The summed E-state index contributed by atoms with van der Waals surface area (Å²) in [5.41, 5.74) is 3.67. The fourth-order valence-corrected chi connectivity index (χ4v) is 2.83. The van der Waals surface area contributed by atoms with E-state index in [0.29, 0.717) is 22.3 Å². The fourth-order valence-electron chi connectivity index (χ4n) is 2.83. The van der Waals surface area contributed by atoms with Crippen molar-refractivity contribution in [3.05, 3.63) is 47.0 Å². The molecule has 0 amide bonds. The van der Waals surface area contributed by atoms with Gasteiger partial charge < -0.3 is 15.1 Å². The number of rotatable bonds is 2. The molecule has 0 saturated heterocycles. The van der Waals surface area contributed by atoms with Crippen LogP contribution in [0, 0.1) is 11.8 Å². The monoisotopic (exact) mass is 292 g/mol. The van der Waals surface area contributed by atoms with Crippen molar-refractivity contribution in [2.24, 2.45) is 5.18 Å². The van der Waals surface area contributed by atoms with E-state index < -0.39 is 0 Å². The van der Waals surface area contributed by atoms with E-state index in [1.165, 1.54) is 0 Å². The van der Waals surface area contributed by atoms with Gasteiger partial charge in [0.25, 0.3) is 0 Å².